The number of benzene rings is 1. The van der Waals surface area contributed by atoms with Crippen LogP contribution in [0.3, 0.4) is 0 Å². The summed E-state index contributed by atoms with van der Waals surface area (Å²) in [7, 11) is 3.94. The highest BCUT2D eigenvalue weighted by molar-refractivity contribution is 5.33. The molecule has 1 aromatic carbocycles. The Labute approximate surface area is 124 Å². The number of hydrogen-bond acceptors (Lipinski definition) is 3. The minimum atomic E-state index is 0.534. The van der Waals surface area contributed by atoms with Crippen LogP contribution >= 0.6 is 0 Å². The number of nitrogens with one attached hydrogen (secondary N) is 1. The Bertz CT molecular complexity index is 379. The van der Waals surface area contributed by atoms with Crippen LogP contribution in [0.1, 0.15) is 32.8 Å². The highest BCUT2D eigenvalue weighted by Crippen LogP contribution is 2.21. The third kappa shape index (κ3) is 5.14. The monoisotopic (exact) mass is 278 g/mol. The molecule has 0 bridgehead atoms. The highest BCUT2D eigenvalue weighted by Gasteiger charge is 2.19. The van der Waals surface area contributed by atoms with Crippen molar-refractivity contribution in [3.8, 4) is 5.75 Å². The smallest absolute Gasteiger partial charge is 0.123 e. The van der Waals surface area contributed by atoms with E-state index in [1.54, 1.807) is 7.11 Å². The number of nitrogens with zero attached hydrogens (tertiary/aromatic N) is 1. The van der Waals surface area contributed by atoms with Gasteiger partial charge in [-0.25, -0.2) is 0 Å². The molecule has 114 valence electrons. The maximum atomic E-state index is 5.44. The van der Waals surface area contributed by atoms with Gasteiger partial charge in [0, 0.05) is 24.7 Å². The third-order valence-electron chi connectivity index (χ3n) is 3.73. The lowest BCUT2D eigenvalue weighted by Crippen LogP contribution is -2.43. The molecule has 0 aliphatic heterocycles. The molecule has 3 nitrogen and oxygen atoms in total. The molecule has 0 fully saturated rings. The molecule has 1 unspecified atom stereocenters. The van der Waals surface area contributed by atoms with Gasteiger partial charge in [-0.15, -0.1) is 0 Å². The zero-order chi connectivity index (χ0) is 15.0. The van der Waals surface area contributed by atoms with E-state index in [1.165, 1.54) is 12.0 Å². The van der Waals surface area contributed by atoms with Gasteiger partial charge >= 0.3 is 0 Å². The first-order chi connectivity index (χ1) is 9.60. The van der Waals surface area contributed by atoms with E-state index in [0.29, 0.717) is 12.0 Å². The summed E-state index contributed by atoms with van der Waals surface area (Å²) in [5.41, 5.74) is 1.25. The largest absolute Gasteiger partial charge is 0.496 e. The summed E-state index contributed by atoms with van der Waals surface area (Å²) < 4.78 is 5.44. The van der Waals surface area contributed by atoms with Gasteiger partial charge in [-0.2, -0.15) is 0 Å². The van der Waals surface area contributed by atoms with Gasteiger partial charge in [0.1, 0.15) is 5.75 Å². The number of rotatable bonds is 9. The summed E-state index contributed by atoms with van der Waals surface area (Å²) >= 11 is 0. The van der Waals surface area contributed by atoms with Crippen LogP contribution in [-0.4, -0.2) is 38.2 Å². The van der Waals surface area contributed by atoms with Crippen LogP contribution in [0.5, 0.6) is 5.75 Å². The van der Waals surface area contributed by atoms with E-state index >= 15 is 0 Å². The summed E-state index contributed by atoms with van der Waals surface area (Å²) in [6.07, 6.45) is 1.18. The fourth-order valence-corrected chi connectivity index (χ4v) is 2.55. The Kier molecular flexibility index (Phi) is 7.63. The van der Waals surface area contributed by atoms with Crippen molar-refractivity contribution in [2.75, 3.05) is 27.2 Å². The molecule has 1 aromatic rings. The summed E-state index contributed by atoms with van der Waals surface area (Å²) in [6, 6.07) is 8.80. The zero-order valence-corrected chi connectivity index (χ0v) is 13.6. The van der Waals surface area contributed by atoms with Gasteiger partial charge in [0.05, 0.1) is 7.11 Å². The van der Waals surface area contributed by atoms with Crippen LogP contribution in [0.2, 0.25) is 0 Å². The van der Waals surface area contributed by atoms with Crippen LogP contribution < -0.4 is 10.1 Å². The van der Waals surface area contributed by atoms with Crippen molar-refractivity contribution in [1.82, 2.24) is 10.2 Å². The lowest BCUT2D eigenvalue weighted by atomic mass is 10.0. The van der Waals surface area contributed by atoms with Gasteiger partial charge < -0.3 is 10.1 Å². The van der Waals surface area contributed by atoms with E-state index in [0.717, 1.165) is 25.4 Å². The molecule has 0 saturated carbocycles. The van der Waals surface area contributed by atoms with Gasteiger partial charge in [0.15, 0.2) is 0 Å². The average Bonchev–Trinajstić information content (AvgIpc) is 2.43. The molecule has 0 aliphatic rings. The van der Waals surface area contributed by atoms with Crippen LogP contribution in [0.15, 0.2) is 24.3 Å². The Morgan fingerprint density at radius 2 is 1.95 bits per heavy atom. The first kappa shape index (κ1) is 17.0. The van der Waals surface area contributed by atoms with Gasteiger partial charge in [0.25, 0.3) is 0 Å². The maximum absolute atomic E-state index is 5.44. The lowest BCUT2D eigenvalue weighted by molar-refractivity contribution is 0.178. The molecule has 0 aliphatic carbocycles. The van der Waals surface area contributed by atoms with Gasteiger partial charge in [-0.1, -0.05) is 39.0 Å². The zero-order valence-electron chi connectivity index (χ0n) is 13.6. The summed E-state index contributed by atoms with van der Waals surface area (Å²) in [5.74, 6) is 1.60. The summed E-state index contributed by atoms with van der Waals surface area (Å²) in [5, 5.41) is 3.54. The van der Waals surface area contributed by atoms with E-state index in [-0.39, 0.29) is 0 Å². The molecular weight excluding hydrogens is 248 g/mol. The third-order valence-corrected chi connectivity index (χ3v) is 3.73. The molecule has 20 heavy (non-hydrogen) atoms. The average molecular weight is 278 g/mol. The minimum absolute atomic E-state index is 0.534. The Balaban J connectivity index is 2.67. The molecule has 1 rings (SSSR count). The predicted molar refractivity (Wildman–Crippen MR) is 86.2 cm³/mol. The number of para-hydroxylation sites is 1. The van der Waals surface area contributed by atoms with E-state index in [2.05, 4.69) is 50.2 Å². The predicted octanol–water partition coefficient (Wildman–Crippen LogP) is 3.15. The molecular formula is C17H30N2O. The molecule has 3 heteroatoms. The Hall–Kier alpha value is -1.06. The second-order valence-corrected chi connectivity index (χ2v) is 5.74. The van der Waals surface area contributed by atoms with Crippen LogP contribution in [-0.2, 0) is 6.54 Å². The van der Waals surface area contributed by atoms with Crippen LogP contribution in [0.25, 0.3) is 0 Å². The van der Waals surface area contributed by atoms with E-state index < -0.39 is 0 Å². The van der Waals surface area contributed by atoms with E-state index in [9.17, 15) is 0 Å². The van der Waals surface area contributed by atoms with Crippen molar-refractivity contribution < 1.29 is 4.74 Å². The lowest BCUT2D eigenvalue weighted by Gasteiger charge is -2.32. The van der Waals surface area contributed by atoms with Crippen molar-refractivity contribution in [2.45, 2.75) is 39.8 Å². The fourth-order valence-electron chi connectivity index (χ4n) is 2.55. The van der Waals surface area contributed by atoms with Crippen molar-refractivity contribution in [2.24, 2.45) is 5.92 Å². The molecule has 0 saturated heterocycles. The number of hydrogen-bond donors (Lipinski definition) is 1. The second-order valence-electron chi connectivity index (χ2n) is 5.74. The van der Waals surface area contributed by atoms with Crippen LogP contribution in [0, 0.1) is 5.92 Å². The molecule has 0 spiro atoms. The fraction of sp³-hybridized carbons (Fsp3) is 0.647. The van der Waals surface area contributed by atoms with E-state index in [1.807, 2.05) is 12.1 Å². The molecule has 0 radical (unpaired) electrons. The van der Waals surface area contributed by atoms with Gasteiger partial charge in [-0.05, 0) is 32.0 Å². The van der Waals surface area contributed by atoms with Crippen molar-refractivity contribution >= 4 is 0 Å². The molecule has 1 N–H and O–H groups in total. The minimum Gasteiger partial charge on any atom is -0.496 e. The van der Waals surface area contributed by atoms with Crippen LogP contribution in [0.4, 0.5) is 0 Å². The molecule has 0 amide bonds. The Morgan fingerprint density at radius 3 is 2.55 bits per heavy atom. The summed E-state index contributed by atoms with van der Waals surface area (Å²) in [4.78, 5) is 2.42. The standard InChI is InChI=1S/C17H30N2O/c1-6-11-18-12-16(14(2)3)19(4)13-15-9-7-8-10-17(15)20-5/h7-10,14,16,18H,6,11-13H2,1-5H3. The SMILES string of the molecule is CCCNCC(C(C)C)N(C)Cc1ccccc1OC. The quantitative estimate of drug-likeness (QED) is 0.702. The highest BCUT2D eigenvalue weighted by atomic mass is 16.5. The van der Waals surface area contributed by atoms with Gasteiger partial charge in [-0.3, -0.25) is 4.90 Å². The van der Waals surface area contributed by atoms with Crippen molar-refractivity contribution in [3.63, 3.8) is 0 Å². The van der Waals surface area contributed by atoms with E-state index in [4.69, 9.17) is 4.74 Å². The normalized spacial score (nSPS) is 12.9. The number of ether oxygens (including phenoxy) is 1. The maximum Gasteiger partial charge on any atom is 0.123 e. The number of likely N-dealkylation sites (N-methyl/N-ethyl adjacent to an activating group) is 1. The molecule has 0 aromatic heterocycles. The first-order valence-electron chi connectivity index (χ1n) is 7.63. The molecule has 0 heterocycles. The Morgan fingerprint density at radius 1 is 1.25 bits per heavy atom. The summed E-state index contributed by atoms with van der Waals surface area (Å²) in [6.45, 7) is 9.83. The topological polar surface area (TPSA) is 24.5 Å². The number of methoxy groups -OCH3 is 1. The van der Waals surface area contributed by atoms with Crippen molar-refractivity contribution in [1.29, 1.82) is 0 Å². The van der Waals surface area contributed by atoms with Crippen molar-refractivity contribution in [3.05, 3.63) is 29.8 Å². The second kappa shape index (κ2) is 8.98. The first-order valence-corrected chi connectivity index (χ1v) is 7.63. The van der Waals surface area contributed by atoms with Gasteiger partial charge in [0.2, 0.25) is 0 Å². The molecule has 1 atom stereocenters.